The molecular formula is C18H18N2O5S. The molecule has 26 heavy (non-hydrogen) atoms. The van der Waals surface area contributed by atoms with Crippen LogP contribution in [0.1, 0.15) is 44.7 Å². The van der Waals surface area contributed by atoms with Crippen LogP contribution in [-0.4, -0.2) is 28.5 Å². The standard InChI is InChI=1S/C18H18N2O5S/c1-4-23-17(21)14-10(2)15(19-11(14)3)18(22)25-9-12-8-24-16(20-12)13-6-5-7-26-13/h5-8,19H,4,9H2,1-3H3. The number of aryl methyl sites for hydroxylation is 1. The van der Waals surface area contributed by atoms with E-state index in [1.165, 1.54) is 17.6 Å². The lowest BCUT2D eigenvalue weighted by Gasteiger charge is -2.03. The molecule has 0 aliphatic rings. The van der Waals surface area contributed by atoms with E-state index in [1.54, 1.807) is 20.8 Å². The average molecular weight is 374 g/mol. The highest BCUT2D eigenvalue weighted by molar-refractivity contribution is 7.13. The first-order chi connectivity index (χ1) is 12.5. The molecule has 7 nitrogen and oxygen atoms in total. The molecule has 0 spiro atoms. The van der Waals surface area contributed by atoms with E-state index < -0.39 is 11.9 Å². The Morgan fingerprint density at radius 3 is 2.77 bits per heavy atom. The van der Waals surface area contributed by atoms with Crippen LogP contribution in [0.15, 0.2) is 28.2 Å². The van der Waals surface area contributed by atoms with Gasteiger partial charge in [0.25, 0.3) is 0 Å². The summed E-state index contributed by atoms with van der Waals surface area (Å²) in [5.41, 5.74) is 2.17. The fourth-order valence-electron chi connectivity index (χ4n) is 2.56. The number of H-pyrrole nitrogens is 1. The summed E-state index contributed by atoms with van der Waals surface area (Å²) in [5.74, 6) is -0.542. The van der Waals surface area contributed by atoms with E-state index in [0.717, 1.165) is 4.88 Å². The van der Waals surface area contributed by atoms with Gasteiger partial charge in [-0.3, -0.25) is 0 Å². The van der Waals surface area contributed by atoms with Crippen LogP contribution in [0.25, 0.3) is 10.8 Å². The summed E-state index contributed by atoms with van der Waals surface area (Å²) in [6, 6.07) is 3.80. The molecule has 0 saturated heterocycles. The van der Waals surface area contributed by atoms with Gasteiger partial charge in [-0.25, -0.2) is 14.6 Å². The summed E-state index contributed by atoms with van der Waals surface area (Å²) < 4.78 is 15.7. The molecule has 3 aromatic heterocycles. The Morgan fingerprint density at radius 2 is 2.08 bits per heavy atom. The van der Waals surface area contributed by atoms with Crippen LogP contribution < -0.4 is 0 Å². The summed E-state index contributed by atoms with van der Waals surface area (Å²) >= 11 is 1.51. The van der Waals surface area contributed by atoms with E-state index in [9.17, 15) is 9.59 Å². The monoisotopic (exact) mass is 374 g/mol. The summed E-state index contributed by atoms with van der Waals surface area (Å²) in [4.78, 5) is 32.5. The van der Waals surface area contributed by atoms with Crippen LogP contribution in [0.3, 0.4) is 0 Å². The van der Waals surface area contributed by atoms with E-state index in [4.69, 9.17) is 13.9 Å². The summed E-state index contributed by atoms with van der Waals surface area (Å²) in [7, 11) is 0. The van der Waals surface area contributed by atoms with E-state index in [1.807, 2.05) is 17.5 Å². The van der Waals surface area contributed by atoms with Crippen LogP contribution in [0.2, 0.25) is 0 Å². The van der Waals surface area contributed by atoms with Gasteiger partial charge in [0.2, 0.25) is 5.89 Å². The lowest BCUT2D eigenvalue weighted by atomic mass is 10.1. The Labute approximate surface area is 154 Å². The number of ether oxygens (including phenoxy) is 2. The maximum absolute atomic E-state index is 12.4. The van der Waals surface area contributed by atoms with Crippen LogP contribution in [0.5, 0.6) is 0 Å². The van der Waals surface area contributed by atoms with Gasteiger partial charge in [0.1, 0.15) is 24.3 Å². The molecule has 0 aromatic carbocycles. The summed E-state index contributed by atoms with van der Waals surface area (Å²) in [6.45, 7) is 5.35. The zero-order chi connectivity index (χ0) is 18.7. The Balaban J connectivity index is 1.69. The second-order valence-corrected chi connectivity index (χ2v) is 6.49. The van der Waals surface area contributed by atoms with Crippen molar-refractivity contribution in [1.82, 2.24) is 9.97 Å². The normalized spacial score (nSPS) is 10.7. The van der Waals surface area contributed by atoms with Crippen LogP contribution in [0, 0.1) is 13.8 Å². The van der Waals surface area contributed by atoms with Gasteiger partial charge in [-0.1, -0.05) is 6.07 Å². The third-order valence-corrected chi connectivity index (χ3v) is 4.61. The van der Waals surface area contributed by atoms with Gasteiger partial charge >= 0.3 is 11.9 Å². The van der Waals surface area contributed by atoms with Crippen molar-refractivity contribution in [2.45, 2.75) is 27.4 Å². The minimum absolute atomic E-state index is 0.0278. The molecule has 0 unspecified atom stereocenters. The number of esters is 2. The van der Waals surface area contributed by atoms with Crippen LogP contribution in [-0.2, 0) is 16.1 Å². The molecule has 0 amide bonds. The molecule has 0 bridgehead atoms. The smallest absolute Gasteiger partial charge is 0.355 e. The SMILES string of the molecule is CCOC(=O)c1c(C)[nH]c(C(=O)OCc2coc(-c3cccs3)n2)c1C. The Kier molecular flexibility index (Phi) is 5.22. The van der Waals surface area contributed by atoms with Crippen molar-refractivity contribution >= 4 is 23.3 Å². The molecule has 3 rings (SSSR count). The zero-order valence-electron chi connectivity index (χ0n) is 14.6. The minimum atomic E-state index is -0.568. The molecule has 0 aliphatic carbocycles. The first kappa shape index (κ1) is 17.9. The fourth-order valence-corrected chi connectivity index (χ4v) is 3.22. The second-order valence-electron chi connectivity index (χ2n) is 5.54. The van der Waals surface area contributed by atoms with Crippen LogP contribution in [0.4, 0.5) is 0 Å². The number of nitrogens with one attached hydrogen (secondary N) is 1. The number of aromatic amines is 1. The molecule has 8 heteroatoms. The van der Waals surface area contributed by atoms with E-state index >= 15 is 0 Å². The highest BCUT2D eigenvalue weighted by Gasteiger charge is 2.24. The lowest BCUT2D eigenvalue weighted by Crippen LogP contribution is -2.09. The Hall–Kier alpha value is -2.87. The van der Waals surface area contributed by atoms with E-state index in [-0.39, 0.29) is 18.9 Å². The highest BCUT2D eigenvalue weighted by Crippen LogP contribution is 2.24. The van der Waals surface area contributed by atoms with Crippen LogP contribution >= 0.6 is 11.3 Å². The van der Waals surface area contributed by atoms with Crippen molar-refractivity contribution in [3.63, 3.8) is 0 Å². The van der Waals surface area contributed by atoms with Crippen molar-refractivity contribution in [2.24, 2.45) is 0 Å². The first-order valence-corrected chi connectivity index (χ1v) is 8.91. The molecule has 0 aliphatic heterocycles. The average Bonchev–Trinajstić information content (AvgIpc) is 3.32. The molecule has 1 N–H and O–H groups in total. The number of hydrogen-bond acceptors (Lipinski definition) is 7. The van der Waals surface area contributed by atoms with Gasteiger partial charge in [-0.2, -0.15) is 0 Å². The maximum Gasteiger partial charge on any atom is 0.355 e. The topological polar surface area (TPSA) is 94.4 Å². The Morgan fingerprint density at radius 1 is 1.27 bits per heavy atom. The molecular weight excluding hydrogens is 356 g/mol. The molecule has 3 aromatic rings. The molecule has 136 valence electrons. The van der Waals surface area contributed by atoms with Gasteiger partial charge in [0.15, 0.2) is 0 Å². The van der Waals surface area contributed by atoms with Gasteiger partial charge in [0.05, 0.1) is 17.0 Å². The molecule has 0 fully saturated rings. The number of rotatable bonds is 6. The van der Waals surface area contributed by atoms with E-state index in [0.29, 0.717) is 28.4 Å². The predicted octanol–water partition coefficient (Wildman–Crippen LogP) is 3.88. The number of nitrogens with zero attached hydrogens (tertiary/aromatic N) is 1. The number of carbonyl (C=O) groups is 2. The molecule has 3 heterocycles. The second kappa shape index (κ2) is 7.57. The van der Waals surface area contributed by atoms with Crippen molar-refractivity contribution in [1.29, 1.82) is 0 Å². The number of thiophene rings is 1. The predicted molar refractivity (Wildman–Crippen MR) is 95.2 cm³/mol. The zero-order valence-corrected chi connectivity index (χ0v) is 15.4. The lowest BCUT2D eigenvalue weighted by molar-refractivity contribution is 0.0460. The Bertz CT molecular complexity index is 924. The fraction of sp³-hybridized carbons (Fsp3) is 0.278. The van der Waals surface area contributed by atoms with Gasteiger partial charge in [0, 0.05) is 5.69 Å². The first-order valence-electron chi connectivity index (χ1n) is 8.03. The number of hydrogen-bond donors (Lipinski definition) is 1. The molecule has 0 saturated carbocycles. The van der Waals surface area contributed by atoms with Gasteiger partial charge < -0.3 is 18.9 Å². The quantitative estimate of drug-likeness (QED) is 0.658. The third-order valence-electron chi connectivity index (χ3n) is 3.76. The number of carbonyl (C=O) groups excluding carboxylic acids is 2. The van der Waals surface area contributed by atoms with Gasteiger partial charge in [-0.05, 0) is 37.8 Å². The molecule has 0 radical (unpaired) electrons. The van der Waals surface area contributed by atoms with Crippen molar-refractivity contribution in [2.75, 3.05) is 6.61 Å². The number of aromatic nitrogens is 2. The minimum Gasteiger partial charge on any atom is -0.462 e. The third kappa shape index (κ3) is 3.55. The summed E-state index contributed by atoms with van der Waals surface area (Å²) in [6.07, 6.45) is 1.46. The van der Waals surface area contributed by atoms with Crippen molar-refractivity contribution < 1.29 is 23.5 Å². The maximum atomic E-state index is 12.4. The van der Waals surface area contributed by atoms with Gasteiger partial charge in [-0.15, -0.1) is 11.3 Å². The van der Waals surface area contributed by atoms with Crippen molar-refractivity contribution in [3.8, 4) is 10.8 Å². The number of oxazole rings is 1. The largest absolute Gasteiger partial charge is 0.462 e. The van der Waals surface area contributed by atoms with Crippen molar-refractivity contribution in [3.05, 3.63) is 52.0 Å². The van der Waals surface area contributed by atoms with E-state index in [2.05, 4.69) is 9.97 Å². The summed E-state index contributed by atoms with van der Waals surface area (Å²) in [5, 5.41) is 1.93. The molecule has 0 atom stereocenters. The highest BCUT2D eigenvalue weighted by atomic mass is 32.1.